The van der Waals surface area contributed by atoms with Crippen LogP contribution in [0.25, 0.3) is 11.0 Å². The van der Waals surface area contributed by atoms with E-state index in [9.17, 15) is 9.59 Å². The second-order valence-electron chi connectivity index (χ2n) is 4.72. The maximum atomic E-state index is 11.5. The first kappa shape index (κ1) is 21.8. The average molecular weight is 380 g/mol. The minimum atomic E-state index is -1.35. The number of fused-ring (bicyclic) bond motifs is 1. The van der Waals surface area contributed by atoms with Crippen LogP contribution in [-0.2, 0) is 0 Å². The van der Waals surface area contributed by atoms with Crippen molar-refractivity contribution in [1.82, 2.24) is 10.3 Å². The normalized spacial score (nSPS) is 9.59. The Bertz CT molecular complexity index is 842. The quantitative estimate of drug-likeness (QED) is 0.551. The van der Waals surface area contributed by atoms with Crippen LogP contribution in [0.5, 0.6) is 5.75 Å². The summed E-state index contributed by atoms with van der Waals surface area (Å²) in [6.45, 7) is 2.18. The summed E-state index contributed by atoms with van der Waals surface area (Å²) in [4.78, 5) is 22.6. The molecule has 1 aromatic carbocycles. The summed E-state index contributed by atoms with van der Waals surface area (Å²) in [6.07, 6.45) is 3.44. The van der Waals surface area contributed by atoms with Crippen LogP contribution in [0.15, 0.2) is 50.5 Å². The molecule has 2 aromatic heterocycles. The van der Waals surface area contributed by atoms with Gasteiger partial charge >= 0.3 is 11.6 Å². The molecule has 0 amide bonds. The lowest BCUT2D eigenvalue weighted by Gasteiger charge is -2.08. The van der Waals surface area contributed by atoms with Gasteiger partial charge in [0.1, 0.15) is 5.58 Å². The lowest BCUT2D eigenvalue weighted by molar-refractivity contribution is 0.0688. The molecule has 0 radical (unpaired) electrons. The van der Waals surface area contributed by atoms with Crippen LogP contribution in [0.1, 0.15) is 23.7 Å². The van der Waals surface area contributed by atoms with Crippen molar-refractivity contribution in [3.8, 4) is 5.75 Å². The standard InChI is InChI=1S/C12H10O5.C3H8O2.C2H2N2O/c1-2-16-10-7-5-3-4-6-8(7)17-12(15)9(10)11(13)14;4-2-1-3-5;1-2-4-5-3-1/h3-6H,2H2,1H3,(H,13,14);4-5H,1-3H2;1-2H. The number of ether oxygens (including phenoxy) is 1. The van der Waals surface area contributed by atoms with Crippen molar-refractivity contribution in [3.63, 3.8) is 0 Å². The van der Waals surface area contributed by atoms with E-state index in [0.717, 1.165) is 0 Å². The largest absolute Gasteiger partial charge is 0.492 e. The Labute approximate surface area is 153 Å². The molecule has 0 aliphatic carbocycles. The predicted octanol–water partition coefficient (Wildman–Crippen LogP) is 1.32. The van der Waals surface area contributed by atoms with Gasteiger partial charge in [0, 0.05) is 13.2 Å². The van der Waals surface area contributed by atoms with Gasteiger partial charge in [-0.05, 0) is 25.5 Å². The zero-order valence-corrected chi connectivity index (χ0v) is 14.6. The highest BCUT2D eigenvalue weighted by atomic mass is 16.6. The third kappa shape index (κ3) is 6.88. The van der Waals surface area contributed by atoms with Gasteiger partial charge in [0.05, 0.1) is 24.4 Å². The van der Waals surface area contributed by atoms with Gasteiger partial charge in [-0.25, -0.2) is 14.2 Å². The third-order valence-corrected chi connectivity index (χ3v) is 2.87. The summed E-state index contributed by atoms with van der Waals surface area (Å²) in [5.41, 5.74) is -1.06. The number of carbonyl (C=O) groups is 1. The topological polar surface area (TPSA) is 156 Å². The second kappa shape index (κ2) is 12.2. The van der Waals surface area contributed by atoms with Crippen LogP contribution < -0.4 is 10.4 Å². The maximum absolute atomic E-state index is 11.5. The molecule has 27 heavy (non-hydrogen) atoms. The lowest BCUT2D eigenvalue weighted by atomic mass is 10.1. The van der Waals surface area contributed by atoms with E-state index in [2.05, 4.69) is 14.9 Å². The Hall–Kier alpha value is -3.24. The Morgan fingerprint density at radius 1 is 1.15 bits per heavy atom. The van der Waals surface area contributed by atoms with Crippen molar-refractivity contribution in [2.45, 2.75) is 13.3 Å². The van der Waals surface area contributed by atoms with Gasteiger partial charge < -0.3 is 24.5 Å². The van der Waals surface area contributed by atoms with E-state index in [1.54, 1.807) is 31.2 Å². The molecule has 10 nitrogen and oxygen atoms in total. The first-order valence-corrected chi connectivity index (χ1v) is 7.91. The SMILES string of the molecule is CCOc1c(C(=O)O)c(=O)oc2ccccc12.OCCCO.c1cnon1. The van der Waals surface area contributed by atoms with Crippen LogP contribution in [-0.4, -0.2) is 51.4 Å². The van der Waals surface area contributed by atoms with Crippen LogP contribution >= 0.6 is 0 Å². The zero-order valence-electron chi connectivity index (χ0n) is 14.6. The number of rotatable bonds is 5. The first-order chi connectivity index (χ1) is 13.1. The van der Waals surface area contributed by atoms with Crippen LogP contribution in [0.2, 0.25) is 0 Å². The van der Waals surface area contributed by atoms with E-state index in [4.69, 9.17) is 24.5 Å². The van der Waals surface area contributed by atoms with Crippen molar-refractivity contribution < 1.29 is 33.9 Å². The second-order valence-corrected chi connectivity index (χ2v) is 4.72. The Morgan fingerprint density at radius 3 is 2.22 bits per heavy atom. The lowest BCUT2D eigenvalue weighted by Crippen LogP contribution is -2.16. The van der Waals surface area contributed by atoms with Crippen molar-refractivity contribution in [3.05, 3.63) is 52.6 Å². The summed E-state index contributed by atoms with van der Waals surface area (Å²) >= 11 is 0. The fourth-order valence-corrected chi connectivity index (χ4v) is 1.81. The number of aliphatic hydroxyl groups is 2. The molecule has 10 heteroatoms. The number of hydrogen-bond donors (Lipinski definition) is 3. The van der Waals surface area contributed by atoms with Crippen molar-refractivity contribution in [2.75, 3.05) is 19.8 Å². The molecular formula is C17H20N2O8. The van der Waals surface area contributed by atoms with Gasteiger partial charge in [-0.2, -0.15) is 0 Å². The molecule has 0 spiro atoms. The number of carboxylic acid groups (broad SMARTS) is 1. The highest BCUT2D eigenvalue weighted by Crippen LogP contribution is 2.27. The number of aromatic carboxylic acids is 1. The summed E-state index contributed by atoms with van der Waals surface area (Å²) in [5, 5.41) is 31.8. The predicted molar refractivity (Wildman–Crippen MR) is 93.7 cm³/mol. The molecule has 0 aliphatic heterocycles. The molecule has 2 heterocycles. The van der Waals surface area contributed by atoms with E-state index in [1.807, 2.05) is 0 Å². The summed E-state index contributed by atoms with van der Waals surface area (Å²) in [6, 6.07) is 6.65. The van der Waals surface area contributed by atoms with E-state index >= 15 is 0 Å². The van der Waals surface area contributed by atoms with Crippen LogP contribution in [0.3, 0.4) is 0 Å². The van der Waals surface area contributed by atoms with Crippen LogP contribution in [0, 0.1) is 0 Å². The third-order valence-electron chi connectivity index (χ3n) is 2.87. The van der Waals surface area contributed by atoms with Crippen molar-refractivity contribution >= 4 is 16.9 Å². The molecule has 0 saturated heterocycles. The maximum Gasteiger partial charge on any atom is 0.354 e. The number of carboxylic acids is 1. The molecule has 0 atom stereocenters. The number of hydrogen-bond acceptors (Lipinski definition) is 9. The van der Waals surface area contributed by atoms with Gasteiger partial charge in [0.25, 0.3) is 0 Å². The molecule has 0 aliphatic rings. The Balaban J connectivity index is 0.000000298. The summed E-state index contributed by atoms with van der Waals surface area (Å²) < 4.78 is 14.3. The molecule has 3 N–H and O–H groups in total. The van der Waals surface area contributed by atoms with Gasteiger partial charge in [0.15, 0.2) is 11.3 Å². The fourth-order valence-electron chi connectivity index (χ4n) is 1.81. The van der Waals surface area contributed by atoms with Crippen LogP contribution in [0.4, 0.5) is 0 Å². The molecule has 0 unspecified atom stereocenters. The number of aromatic nitrogens is 2. The van der Waals surface area contributed by atoms with Crippen molar-refractivity contribution in [1.29, 1.82) is 0 Å². The minimum absolute atomic E-state index is 0.0619. The average Bonchev–Trinajstić information content (AvgIpc) is 3.23. The smallest absolute Gasteiger partial charge is 0.354 e. The van der Waals surface area contributed by atoms with E-state index in [-0.39, 0.29) is 25.6 Å². The highest BCUT2D eigenvalue weighted by molar-refractivity contribution is 5.97. The number of nitrogens with zero attached hydrogens (tertiary/aromatic N) is 2. The molecule has 0 saturated carbocycles. The number of para-hydroxylation sites is 1. The molecule has 0 fully saturated rings. The van der Waals surface area contributed by atoms with E-state index in [0.29, 0.717) is 17.4 Å². The van der Waals surface area contributed by atoms with E-state index in [1.165, 1.54) is 12.4 Å². The van der Waals surface area contributed by atoms with Gasteiger partial charge in [-0.1, -0.05) is 22.4 Å². The zero-order chi connectivity index (χ0) is 20.1. The summed E-state index contributed by atoms with van der Waals surface area (Å²) in [5.74, 6) is -1.29. The molecule has 0 bridgehead atoms. The molecular weight excluding hydrogens is 360 g/mol. The number of benzene rings is 1. The fraction of sp³-hybridized carbons (Fsp3) is 0.294. The monoisotopic (exact) mass is 380 g/mol. The molecule has 3 rings (SSSR count). The van der Waals surface area contributed by atoms with E-state index < -0.39 is 17.2 Å². The minimum Gasteiger partial charge on any atom is -0.492 e. The molecule has 146 valence electrons. The Kier molecular flexibility index (Phi) is 9.83. The highest BCUT2D eigenvalue weighted by Gasteiger charge is 2.21. The number of aliphatic hydroxyl groups excluding tert-OH is 2. The molecule has 3 aromatic rings. The van der Waals surface area contributed by atoms with Crippen molar-refractivity contribution in [2.24, 2.45) is 0 Å². The van der Waals surface area contributed by atoms with Gasteiger partial charge in [-0.3, -0.25) is 0 Å². The first-order valence-electron chi connectivity index (χ1n) is 7.91. The van der Waals surface area contributed by atoms with Gasteiger partial charge in [-0.15, -0.1) is 0 Å². The Morgan fingerprint density at radius 2 is 1.78 bits per heavy atom. The summed E-state index contributed by atoms with van der Waals surface area (Å²) in [7, 11) is 0. The van der Waals surface area contributed by atoms with Gasteiger partial charge in [0.2, 0.25) is 0 Å².